The Morgan fingerprint density at radius 2 is 1.76 bits per heavy atom. The zero-order valence-corrected chi connectivity index (χ0v) is 20.8. The Balaban J connectivity index is 2.35. The monoisotopic (exact) mass is 493 g/mol. The van der Waals surface area contributed by atoms with Crippen LogP contribution in [0.1, 0.15) is 32.3 Å². The van der Waals surface area contributed by atoms with Crippen molar-refractivity contribution in [2.75, 3.05) is 30.8 Å². The first kappa shape index (κ1) is 27.1. The Labute approximate surface area is 200 Å². The van der Waals surface area contributed by atoms with Gasteiger partial charge < -0.3 is 15.0 Å². The van der Waals surface area contributed by atoms with Gasteiger partial charge in [-0.3, -0.25) is 13.9 Å². The molecule has 0 unspecified atom stereocenters. The van der Waals surface area contributed by atoms with Crippen molar-refractivity contribution >= 4 is 27.5 Å². The Morgan fingerprint density at radius 1 is 1.12 bits per heavy atom. The number of nitrogens with zero attached hydrogens (tertiary/aromatic N) is 2. The van der Waals surface area contributed by atoms with E-state index in [9.17, 15) is 22.4 Å². The van der Waals surface area contributed by atoms with Crippen molar-refractivity contribution in [3.05, 3.63) is 59.9 Å². The first-order valence-corrected chi connectivity index (χ1v) is 12.9. The number of ether oxygens (including phenoxy) is 1. The lowest BCUT2D eigenvalue weighted by molar-refractivity contribution is -0.139. The highest BCUT2D eigenvalue weighted by molar-refractivity contribution is 7.92. The first-order valence-electron chi connectivity index (χ1n) is 11.0. The summed E-state index contributed by atoms with van der Waals surface area (Å²) in [5.41, 5.74) is 0.488. The fraction of sp³-hybridized carbons (Fsp3) is 0.417. The molecule has 0 aliphatic heterocycles. The quantitative estimate of drug-likeness (QED) is 0.459. The van der Waals surface area contributed by atoms with Crippen LogP contribution >= 0.6 is 0 Å². The number of nitrogens with one attached hydrogen (secondary N) is 1. The molecule has 0 saturated carbocycles. The van der Waals surface area contributed by atoms with Crippen LogP contribution in [0.4, 0.5) is 10.1 Å². The van der Waals surface area contributed by atoms with Crippen LogP contribution in [0.25, 0.3) is 0 Å². The SMILES string of the molecule is CCCCNC(=O)[C@@H](C)N(Cc1ccccc1F)C(=O)CN(c1ccc(OC)cc1)S(C)(=O)=O. The third-order valence-corrected chi connectivity index (χ3v) is 6.48. The van der Waals surface area contributed by atoms with Gasteiger partial charge in [-0.25, -0.2) is 12.8 Å². The molecule has 0 aromatic heterocycles. The van der Waals surface area contributed by atoms with Gasteiger partial charge in [-0.15, -0.1) is 0 Å². The summed E-state index contributed by atoms with van der Waals surface area (Å²) in [6, 6.07) is 11.2. The van der Waals surface area contributed by atoms with E-state index in [-0.39, 0.29) is 17.8 Å². The largest absolute Gasteiger partial charge is 0.497 e. The molecule has 0 aliphatic rings. The first-order chi connectivity index (χ1) is 16.1. The third kappa shape index (κ3) is 7.44. The highest BCUT2D eigenvalue weighted by Gasteiger charge is 2.30. The Morgan fingerprint density at radius 3 is 2.32 bits per heavy atom. The van der Waals surface area contributed by atoms with Gasteiger partial charge in [-0.1, -0.05) is 31.5 Å². The normalized spacial score (nSPS) is 12.0. The summed E-state index contributed by atoms with van der Waals surface area (Å²) in [4.78, 5) is 27.3. The molecule has 2 aromatic rings. The molecule has 2 rings (SSSR count). The van der Waals surface area contributed by atoms with E-state index in [1.807, 2.05) is 6.92 Å². The number of hydrogen-bond acceptors (Lipinski definition) is 5. The maximum Gasteiger partial charge on any atom is 0.244 e. The maximum atomic E-state index is 14.4. The average molecular weight is 494 g/mol. The number of benzene rings is 2. The lowest BCUT2D eigenvalue weighted by Gasteiger charge is -2.31. The van der Waals surface area contributed by atoms with Crippen molar-refractivity contribution in [3.8, 4) is 5.75 Å². The Kier molecular flexibility index (Phi) is 9.85. The molecule has 0 saturated heterocycles. The number of anilines is 1. The van der Waals surface area contributed by atoms with Crippen molar-refractivity contribution < 1.29 is 27.1 Å². The second-order valence-electron chi connectivity index (χ2n) is 7.90. The van der Waals surface area contributed by atoms with E-state index in [2.05, 4.69) is 5.32 Å². The summed E-state index contributed by atoms with van der Waals surface area (Å²) >= 11 is 0. The fourth-order valence-corrected chi connectivity index (χ4v) is 4.14. The minimum Gasteiger partial charge on any atom is -0.497 e. The van der Waals surface area contributed by atoms with Gasteiger partial charge >= 0.3 is 0 Å². The molecule has 1 atom stereocenters. The number of rotatable bonds is 12. The van der Waals surface area contributed by atoms with Crippen LogP contribution < -0.4 is 14.4 Å². The third-order valence-electron chi connectivity index (χ3n) is 5.33. The minimum absolute atomic E-state index is 0.186. The van der Waals surface area contributed by atoms with E-state index in [0.29, 0.717) is 12.3 Å². The second-order valence-corrected chi connectivity index (χ2v) is 9.81. The van der Waals surface area contributed by atoms with E-state index in [0.717, 1.165) is 23.4 Å². The van der Waals surface area contributed by atoms with Crippen molar-refractivity contribution in [3.63, 3.8) is 0 Å². The molecule has 10 heteroatoms. The molecule has 8 nitrogen and oxygen atoms in total. The van der Waals surface area contributed by atoms with E-state index < -0.39 is 40.2 Å². The lowest BCUT2D eigenvalue weighted by Crippen LogP contribution is -2.51. The zero-order chi connectivity index (χ0) is 25.3. The molecule has 0 fully saturated rings. The molecule has 34 heavy (non-hydrogen) atoms. The molecule has 1 N–H and O–H groups in total. The van der Waals surface area contributed by atoms with Gasteiger partial charge in [-0.2, -0.15) is 0 Å². The Hall–Kier alpha value is -3.14. The lowest BCUT2D eigenvalue weighted by atomic mass is 10.1. The van der Waals surface area contributed by atoms with Crippen LogP contribution in [0.15, 0.2) is 48.5 Å². The van der Waals surface area contributed by atoms with Crippen molar-refractivity contribution in [1.82, 2.24) is 10.2 Å². The fourth-order valence-electron chi connectivity index (χ4n) is 3.29. The van der Waals surface area contributed by atoms with Crippen molar-refractivity contribution in [1.29, 1.82) is 0 Å². The van der Waals surface area contributed by atoms with Crippen LogP contribution in [0.5, 0.6) is 5.75 Å². The predicted octanol–water partition coefficient (Wildman–Crippen LogP) is 2.93. The predicted molar refractivity (Wildman–Crippen MR) is 130 cm³/mol. The van der Waals surface area contributed by atoms with Crippen molar-refractivity contribution in [2.45, 2.75) is 39.3 Å². The van der Waals surface area contributed by atoms with Gasteiger partial charge in [0, 0.05) is 18.7 Å². The summed E-state index contributed by atoms with van der Waals surface area (Å²) in [5.74, 6) is -1.02. The maximum absolute atomic E-state index is 14.4. The number of halogens is 1. The van der Waals surface area contributed by atoms with Gasteiger partial charge in [0.05, 0.1) is 19.1 Å². The number of unbranched alkanes of at least 4 members (excludes halogenated alkanes) is 1. The van der Waals surface area contributed by atoms with E-state index in [1.165, 1.54) is 49.3 Å². The van der Waals surface area contributed by atoms with Crippen LogP contribution in [-0.4, -0.2) is 57.6 Å². The molecule has 0 aliphatic carbocycles. The van der Waals surface area contributed by atoms with E-state index in [4.69, 9.17) is 4.74 Å². The average Bonchev–Trinajstić information content (AvgIpc) is 2.81. The molecule has 0 bridgehead atoms. The van der Waals surface area contributed by atoms with Crippen molar-refractivity contribution in [2.24, 2.45) is 0 Å². The molecular weight excluding hydrogens is 461 g/mol. The van der Waals surface area contributed by atoms with Gasteiger partial charge in [0.2, 0.25) is 21.8 Å². The van der Waals surface area contributed by atoms with Crippen LogP contribution in [0, 0.1) is 5.82 Å². The van der Waals surface area contributed by atoms with Crippen LogP contribution in [0.2, 0.25) is 0 Å². The second kappa shape index (κ2) is 12.4. The minimum atomic E-state index is -3.84. The molecular formula is C24H32FN3O5S. The van der Waals surface area contributed by atoms with Gasteiger partial charge in [0.15, 0.2) is 0 Å². The highest BCUT2D eigenvalue weighted by atomic mass is 32.2. The number of sulfonamides is 1. The molecule has 0 spiro atoms. The number of methoxy groups -OCH3 is 1. The smallest absolute Gasteiger partial charge is 0.244 e. The van der Waals surface area contributed by atoms with Crippen LogP contribution in [-0.2, 0) is 26.2 Å². The summed E-state index contributed by atoms with van der Waals surface area (Å²) < 4.78 is 45.5. The van der Waals surface area contributed by atoms with E-state index >= 15 is 0 Å². The van der Waals surface area contributed by atoms with Gasteiger partial charge in [-0.05, 0) is 43.7 Å². The molecule has 0 radical (unpaired) electrons. The zero-order valence-electron chi connectivity index (χ0n) is 20.0. The molecule has 186 valence electrons. The van der Waals surface area contributed by atoms with Gasteiger partial charge in [0.1, 0.15) is 24.2 Å². The molecule has 0 heterocycles. The number of carbonyl (C=O) groups is 2. The summed E-state index contributed by atoms with van der Waals surface area (Å²) in [7, 11) is -2.35. The number of carbonyl (C=O) groups excluding carboxylic acids is 2. The summed E-state index contributed by atoms with van der Waals surface area (Å²) in [5, 5.41) is 2.77. The summed E-state index contributed by atoms with van der Waals surface area (Å²) in [6.45, 7) is 3.24. The topological polar surface area (TPSA) is 96.0 Å². The van der Waals surface area contributed by atoms with Gasteiger partial charge in [0.25, 0.3) is 0 Å². The Bertz CT molecular complexity index is 1080. The number of amides is 2. The highest BCUT2D eigenvalue weighted by Crippen LogP contribution is 2.22. The van der Waals surface area contributed by atoms with Crippen LogP contribution in [0.3, 0.4) is 0 Å². The standard InChI is InChI=1S/C24H32FN3O5S/c1-5-6-15-26-24(30)18(2)27(16-19-9-7-8-10-22(19)25)23(29)17-28(34(4,31)32)20-11-13-21(33-3)14-12-20/h7-14,18H,5-6,15-17H2,1-4H3,(H,26,30)/t18-/m1/s1. The number of hydrogen-bond donors (Lipinski definition) is 1. The molecule has 2 aromatic carbocycles. The molecule has 2 amide bonds. The van der Waals surface area contributed by atoms with E-state index in [1.54, 1.807) is 18.2 Å². The summed E-state index contributed by atoms with van der Waals surface area (Å²) in [6.07, 6.45) is 2.66.